The zero-order valence-corrected chi connectivity index (χ0v) is 8.35. The van der Waals surface area contributed by atoms with E-state index < -0.39 is 11.9 Å². The lowest BCUT2D eigenvalue weighted by Gasteiger charge is -2.06. The van der Waals surface area contributed by atoms with Crippen molar-refractivity contribution in [2.45, 2.75) is 19.6 Å². The molecule has 1 heterocycles. The summed E-state index contributed by atoms with van der Waals surface area (Å²) in [6.45, 7) is 1.86. The largest absolute Gasteiger partial charge is 0.433 e. The van der Waals surface area contributed by atoms with Crippen LogP contribution in [-0.2, 0) is 12.7 Å². The van der Waals surface area contributed by atoms with Gasteiger partial charge in [0, 0.05) is 12.6 Å². The first kappa shape index (κ1) is 9.82. The predicted molar refractivity (Wildman–Crippen MR) is 45.6 cm³/mol. The van der Waals surface area contributed by atoms with Gasteiger partial charge in [-0.3, -0.25) is 4.68 Å². The minimum absolute atomic E-state index is 0.234. The van der Waals surface area contributed by atoms with Gasteiger partial charge >= 0.3 is 6.18 Å². The molecule has 0 saturated carbocycles. The highest BCUT2D eigenvalue weighted by Gasteiger charge is 2.35. The molecule has 0 aliphatic heterocycles. The molecule has 2 nitrogen and oxygen atoms in total. The summed E-state index contributed by atoms with van der Waals surface area (Å²) in [5.74, 6) is 0. The first-order valence-electron chi connectivity index (χ1n) is 3.25. The van der Waals surface area contributed by atoms with E-state index in [1.54, 1.807) is 29.5 Å². The van der Waals surface area contributed by atoms with Gasteiger partial charge in [0.1, 0.15) is 9.39 Å². The molecule has 0 amide bonds. The van der Waals surface area contributed by atoms with E-state index in [-0.39, 0.29) is 6.54 Å². The van der Waals surface area contributed by atoms with Crippen LogP contribution in [0.5, 0.6) is 0 Å². The Kier molecular flexibility index (Phi) is 2.64. The van der Waals surface area contributed by atoms with E-state index in [9.17, 15) is 13.2 Å². The summed E-state index contributed by atoms with van der Waals surface area (Å²) < 4.78 is 37.9. The van der Waals surface area contributed by atoms with Crippen molar-refractivity contribution in [2.75, 3.05) is 0 Å². The van der Waals surface area contributed by atoms with Crippen molar-refractivity contribution in [3.8, 4) is 0 Å². The molecule has 1 aromatic heterocycles. The van der Waals surface area contributed by atoms with Crippen molar-refractivity contribution >= 4 is 22.6 Å². The highest BCUT2D eigenvalue weighted by Crippen LogP contribution is 2.29. The minimum atomic E-state index is -4.30. The molecule has 0 unspecified atom stereocenters. The Morgan fingerprint density at radius 1 is 1.58 bits per heavy atom. The van der Waals surface area contributed by atoms with E-state index in [0.29, 0.717) is 3.70 Å². The highest BCUT2D eigenvalue weighted by molar-refractivity contribution is 14.1. The number of rotatable bonds is 1. The number of aromatic nitrogens is 2. The SMILES string of the molecule is CCn1nc(I)cc1C(F)(F)F. The van der Waals surface area contributed by atoms with Gasteiger partial charge in [0.15, 0.2) is 0 Å². The summed E-state index contributed by atoms with van der Waals surface area (Å²) in [6, 6.07) is 1.03. The van der Waals surface area contributed by atoms with Crippen molar-refractivity contribution in [3.05, 3.63) is 15.5 Å². The van der Waals surface area contributed by atoms with E-state index in [0.717, 1.165) is 10.7 Å². The van der Waals surface area contributed by atoms with Crippen LogP contribution in [0.4, 0.5) is 13.2 Å². The van der Waals surface area contributed by atoms with Crippen LogP contribution in [-0.4, -0.2) is 9.78 Å². The zero-order valence-electron chi connectivity index (χ0n) is 6.19. The van der Waals surface area contributed by atoms with Gasteiger partial charge in [-0.15, -0.1) is 0 Å². The second-order valence-electron chi connectivity index (χ2n) is 2.17. The molecule has 0 bridgehead atoms. The number of aryl methyl sites for hydroxylation is 1. The number of alkyl halides is 3. The fourth-order valence-corrected chi connectivity index (χ4v) is 1.41. The molecule has 0 aliphatic rings. The number of halogens is 4. The van der Waals surface area contributed by atoms with Crippen LogP contribution in [0.1, 0.15) is 12.6 Å². The number of hydrogen-bond donors (Lipinski definition) is 0. The summed E-state index contributed by atoms with van der Waals surface area (Å²) >= 11 is 1.76. The first-order valence-corrected chi connectivity index (χ1v) is 4.33. The normalized spacial score (nSPS) is 12.1. The summed E-state index contributed by atoms with van der Waals surface area (Å²) in [4.78, 5) is 0. The molecule has 12 heavy (non-hydrogen) atoms. The van der Waals surface area contributed by atoms with Crippen LogP contribution in [0.3, 0.4) is 0 Å². The smallest absolute Gasteiger partial charge is 0.260 e. The molecule has 0 aliphatic carbocycles. The van der Waals surface area contributed by atoms with Crippen LogP contribution >= 0.6 is 22.6 Å². The molecule has 0 N–H and O–H groups in total. The Balaban J connectivity index is 3.13. The molecular formula is C6H6F3IN2. The van der Waals surface area contributed by atoms with Gasteiger partial charge in [-0.1, -0.05) is 0 Å². The zero-order chi connectivity index (χ0) is 9.35. The van der Waals surface area contributed by atoms with Crippen LogP contribution in [0, 0.1) is 3.70 Å². The van der Waals surface area contributed by atoms with Gasteiger partial charge in [0.25, 0.3) is 0 Å². The lowest BCUT2D eigenvalue weighted by Crippen LogP contribution is -2.13. The van der Waals surface area contributed by atoms with Gasteiger partial charge in [0.2, 0.25) is 0 Å². The first-order chi connectivity index (χ1) is 5.45. The van der Waals surface area contributed by atoms with Gasteiger partial charge < -0.3 is 0 Å². The van der Waals surface area contributed by atoms with Crippen molar-refractivity contribution in [2.24, 2.45) is 0 Å². The monoisotopic (exact) mass is 290 g/mol. The molecule has 68 valence electrons. The fraction of sp³-hybridized carbons (Fsp3) is 0.500. The maximum absolute atomic E-state index is 12.2. The average Bonchev–Trinajstić information content (AvgIpc) is 2.29. The molecule has 1 rings (SSSR count). The van der Waals surface area contributed by atoms with E-state index in [4.69, 9.17) is 0 Å². The van der Waals surface area contributed by atoms with E-state index in [2.05, 4.69) is 5.10 Å². The number of nitrogens with zero attached hydrogens (tertiary/aromatic N) is 2. The molecule has 0 atom stereocenters. The third-order valence-corrected chi connectivity index (χ3v) is 1.87. The minimum Gasteiger partial charge on any atom is -0.260 e. The quantitative estimate of drug-likeness (QED) is 0.727. The summed E-state index contributed by atoms with van der Waals surface area (Å²) in [5.41, 5.74) is -0.686. The fourth-order valence-electron chi connectivity index (χ4n) is 0.855. The second kappa shape index (κ2) is 3.23. The highest BCUT2D eigenvalue weighted by atomic mass is 127. The van der Waals surface area contributed by atoms with Crippen LogP contribution in [0.15, 0.2) is 6.07 Å². The van der Waals surface area contributed by atoms with Crippen molar-refractivity contribution < 1.29 is 13.2 Å². The molecule has 0 spiro atoms. The lowest BCUT2D eigenvalue weighted by atomic mass is 10.4. The Morgan fingerprint density at radius 3 is 2.50 bits per heavy atom. The van der Waals surface area contributed by atoms with Crippen molar-refractivity contribution in [1.29, 1.82) is 0 Å². The maximum atomic E-state index is 12.2. The van der Waals surface area contributed by atoms with Crippen molar-refractivity contribution in [1.82, 2.24) is 9.78 Å². The van der Waals surface area contributed by atoms with Gasteiger partial charge in [-0.2, -0.15) is 18.3 Å². The van der Waals surface area contributed by atoms with Crippen LogP contribution < -0.4 is 0 Å². The Labute approximate surface area is 80.9 Å². The summed E-state index contributed by atoms with van der Waals surface area (Å²) in [7, 11) is 0. The van der Waals surface area contributed by atoms with Gasteiger partial charge in [-0.05, 0) is 29.5 Å². The standard InChI is InChI=1S/C6H6F3IN2/c1-2-12-4(6(7,8)9)3-5(10)11-12/h3H,2H2,1H3. The van der Waals surface area contributed by atoms with Crippen molar-refractivity contribution in [3.63, 3.8) is 0 Å². The Morgan fingerprint density at radius 2 is 2.17 bits per heavy atom. The third-order valence-electron chi connectivity index (χ3n) is 1.34. The summed E-state index contributed by atoms with van der Waals surface area (Å²) in [5, 5.41) is 3.68. The van der Waals surface area contributed by atoms with Gasteiger partial charge in [-0.25, -0.2) is 0 Å². The molecule has 0 saturated heterocycles. The average molecular weight is 290 g/mol. The van der Waals surface area contributed by atoms with Gasteiger partial charge in [0.05, 0.1) is 0 Å². The van der Waals surface area contributed by atoms with Crippen LogP contribution in [0.25, 0.3) is 0 Å². The molecular weight excluding hydrogens is 284 g/mol. The lowest BCUT2D eigenvalue weighted by molar-refractivity contribution is -0.144. The van der Waals surface area contributed by atoms with E-state index >= 15 is 0 Å². The maximum Gasteiger partial charge on any atom is 0.433 e. The Hall–Kier alpha value is -0.270. The molecule has 1 aromatic rings. The molecule has 0 radical (unpaired) electrons. The van der Waals surface area contributed by atoms with Crippen LogP contribution in [0.2, 0.25) is 0 Å². The Bertz CT molecular complexity index is 279. The summed E-state index contributed by atoms with van der Waals surface area (Å²) in [6.07, 6.45) is -4.30. The molecule has 6 heteroatoms. The second-order valence-corrected chi connectivity index (χ2v) is 3.27. The molecule has 0 fully saturated rings. The van der Waals surface area contributed by atoms with E-state index in [1.807, 2.05) is 0 Å². The number of hydrogen-bond acceptors (Lipinski definition) is 1. The van der Waals surface area contributed by atoms with E-state index in [1.165, 1.54) is 0 Å². The topological polar surface area (TPSA) is 17.8 Å². The predicted octanol–water partition coefficient (Wildman–Crippen LogP) is 2.53. The third kappa shape index (κ3) is 1.90. The molecule has 0 aromatic carbocycles.